The van der Waals surface area contributed by atoms with Crippen LogP contribution >= 0.6 is 11.8 Å². The third-order valence-corrected chi connectivity index (χ3v) is 6.60. The van der Waals surface area contributed by atoms with Gasteiger partial charge in [0.05, 0.1) is 11.3 Å². The Morgan fingerprint density at radius 1 is 0.857 bits per heavy atom. The number of anilines is 1. The first-order chi connectivity index (χ1) is 17.1. The summed E-state index contributed by atoms with van der Waals surface area (Å²) >= 11 is 1.51. The van der Waals surface area contributed by atoms with Gasteiger partial charge in [0.25, 0.3) is 11.8 Å². The van der Waals surface area contributed by atoms with Crippen molar-refractivity contribution in [1.29, 1.82) is 0 Å². The third-order valence-electron chi connectivity index (χ3n) is 5.45. The lowest BCUT2D eigenvalue weighted by Gasteiger charge is -2.10. The Morgan fingerprint density at radius 2 is 1.51 bits per heavy atom. The minimum atomic E-state index is -0.207. The highest BCUT2D eigenvalue weighted by atomic mass is 32.2. The van der Waals surface area contributed by atoms with Gasteiger partial charge in [-0.3, -0.25) is 9.59 Å². The molecular weight excluding hydrogens is 456 g/mol. The van der Waals surface area contributed by atoms with Gasteiger partial charge in [0.1, 0.15) is 5.75 Å². The zero-order valence-corrected chi connectivity index (χ0v) is 20.4. The number of hydrogen-bond acceptors (Lipinski definition) is 4. The summed E-state index contributed by atoms with van der Waals surface area (Å²) in [7, 11) is 0. The van der Waals surface area contributed by atoms with Crippen LogP contribution in [0.1, 0.15) is 40.1 Å². The van der Waals surface area contributed by atoms with Gasteiger partial charge < -0.3 is 15.7 Å². The number of hydrogen-bond donors (Lipinski definition) is 3. The summed E-state index contributed by atoms with van der Waals surface area (Å²) in [6.45, 7) is 4.39. The molecule has 0 unspecified atom stereocenters. The van der Waals surface area contributed by atoms with Gasteiger partial charge in [-0.2, -0.15) is 0 Å². The number of phenolic OH excluding ortho intramolecular Hbond substituents is 1. The number of nitrogens with one attached hydrogen (secondary N) is 2. The summed E-state index contributed by atoms with van der Waals surface area (Å²) in [4.78, 5) is 27.1. The van der Waals surface area contributed by atoms with E-state index < -0.39 is 0 Å². The van der Waals surface area contributed by atoms with Crippen molar-refractivity contribution < 1.29 is 14.7 Å². The molecule has 5 nitrogen and oxygen atoms in total. The van der Waals surface area contributed by atoms with Crippen LogP contribution in [0.25, 0.3) is 11.1 Å². The van der Waals surface area contributed by atoms with Crippen LogP contribution in [0.4, 0.5) is 5.69 Å². The summed E-state index contributed by atoms with van der Waals surface area (Å²) < 4.78 is 0. The van der Waals surface area contributed by atoms with E-state index in [0.717, 1.165) is 26.5 Å². The highest BCUT2D eigenvalue weighted by Crippen LogP contribution is 2.39. The van der Waals surface area contributed by atoms with E-state index in [1.807, 2.05) is 74.5 Å². The van der Waals surface area contributed by atoms with Crippen LogP contribution in [0.3, 0.4) is 0 Å². The van der Waals surface area contributed by atoms with Gasteiger partial charge in [0.2, 0.25) is 0 Å². The largest absolute Gasteiger partial charge is 0.508 e. The van der Waals surface area contributed by atoms with Gasteiger partial charge in [-0.05, 0) is 59.2 Å². The topological polar surface area (TPSA) is 78.4 Å². The predicted molar refractivity (Wildman–Crippen MR) is 141 cm³/mol. The number of phenols is 1. The zero-order chi connectivity index (χ0) is 24.8. The molecule has 2 amide bonds. The van der Waals surface area contributed by atoms with Crippen molar-refractivity contribution in [3.63, 3.8) is 0 Å². The third kappa shape index (κ3) is 5.55. The van der Waals surface area contributed by atoms with Crippen molar-refractivity contribution in [2.45, 2.75) is 30.2 Å². The monoisotopic (exact) mass is 482 g/mol. The number of rotatable bonds is 4. The quantitative estimate of drug-likeness (QED) is 0.301. The van der Waals surface area contributed by atoms with Gasteiger partial charge in [0.15, 0.2) is 0 Å². The van der Waals surface area contributed by atoms with Crippen LogP contribution < -0.4 is 10.6 Å². The van der Waals surface area contributed by atoms with Gasteiger partial charge >= 0.3 is 0 Å². The van der Waals surface area contributed by atoms with Crippen LogP contribution in [0.15, 0.2) is 101 Å². The number of carbonyl (C=O) groups excluding carboxylic acids is 2. The van der Waals surface area contributed by atoms with E-state index in [1.165, 1.54) is 11.8 Å². The van der Waals surface area contributed by atoms with E-state index in [2.05, 4.69) is 10.6 Å². The van der Waals surface area contributed by atoms with Crippen molar-refractivity contribution in [2.24, 2.45) is 0 Å². The van der Waals surface area contributed by atoms with Crippen molar-refractivity contribution in [3.8, 4) is 16.9 Å². The van der Waals surface area contributed by atoms with E-state index in [9.17, 15) is 14.7 Å². The van der Waals surface area contributed by atoms with E-state index in [4.69, 9.17) is 0 Å². The molecule has 0 aliphatic carbocycles. The fraction of sp³-hybridized carbons (Fsp3) is 0.103. The first kappa shape index (κ1) is 24.1. The molecule has 6 heteroatoms. The van der Waals surface area contributed by atoms with Crippen LogP contribution in [0, 0.1) is 0 Å². The molecule has 176 valence electrons. The SMILES string of the molecule is CC.O=C(NCc1ccc(-c2ccc(O)cc2)cc1)c1ccc2c(c1)NC(=O)c1ccccc1S2. The molecule has 1 heterocycles. The molecule has 0 aromatic heterocycles. The Bertz CT molecular complexity index is 1350. The lowest BCUT2D eigenvalue weighted by atomic mass is 10.0. The molecule has 0 bridgehead atoms. The predicted octanol–water partition coefficient (Wildman–Crippen LogP) is 6.73. The number of amides is 2. The molecule has 0 radical (unpaired) electrons. The molecule has 3 N–H and O–H groups in total. The molecule has 0 atom stereocenters. The van der Waals surface area contributed by atoms with Crippen molar-refractivity contribution >= 4 is 29.3 Å². The molecule has 35 heavy (non-hydrogen) atoms. The summed E-state index contributed by atoms with van der Waals surface area (Å²) in [5.41, 5.74) is 4.76. The fourth-order valence-corrected chi connectivity index (χ4v) is 4.67. The van der Waals surface area contributed by atoms with Gasteiger partial charge in [-0.25, -0.2) is 0 Å². The van der Waals surface area contributed by atoms with Crippen molar-refractivity contribution in [3.05, 3.63) is 108 Å². The standard InChI is InChI=1S/C27H20N2O3S.C2H6/c30-21-12-9-19(10-13-21)18-7-5-17(6-8-18)16-28-26(31)20-11-14-25-23(15-20)29-27(32)22-3-1-2-4-24(22)33-25;1-2/h1-15,30H,16H2,(H,28,31)(H,29,32);1-2H3. The average molecular weight is 483 g/mol. The molecule has 4 aromatic carbocycles. The van der Waals surface area contributed by atoms with Gasteiger partial charge in [-0.1, -0.05) is 74.1 Å². The Hall–Kier alpha value is -4.03. The molecular formula is C29H26N2O3S. The van der Waals surface area contributed by atoms with E-state index in [-0.39, 0.29) is 17.6 Å². The molecule has 0 spiro atoms. The minimum Gasteiger partial charge on any atom is -0.508 e. The second kappa shape index (κ2) is 10.9. The molecule has 0 fully saturated rings. The van der Waals surface area contributed by atoms with E-state index in [1.54, 1.807) is 30.3 Å². The Kier molecular flexibility index (Phi) is 7.53. The molecule has 4 aromatic rings. The fourth-order valence-electron chi connectivity index (χ4n) is 3.66. The minimum absolute atomic E-state index is 0.178. The van der Waals surface area contributed by atoms with Crippen LogP contribution in [-0.4, -0.2) is 16.9 Å². The van der Waals surface area contributed by atoms with Crippen LogP contribution in [0.5, 0.6) is 5.75 Å². The number of fused-ring (bicyclic) bond motifs is 2. The van der Waals surface area contributed by atoms with Crippen molar-refractivity contribution in [2.75, 3.05) is 5.32 Å². The summed E-state index contributed by atoms with van der Waals surface area (Å²) in [6, 6.07) is 27.8. The number of benzene rings is 4. The molecule has 0 saturated carbocycles. The van der Waals surface area contributed by atoms with E-state index >= 15 is 0 Å². The Labute approximate surface area is 209 Å². The highest BCUT2D eigenvalue weighted by Gasteiger charge is 2.20. The second-order valence-electron chi connectivity index (χ2n) is 7.69. The van der Waals surface area contributed by atoms with Gasteiger partial charge in [0, 0.05) is 21.9 Å². The zero-order valence-electron chi connectivity index (χ0n) is 19.5. The number of aromatic hydroxyl groups is 1. The maximum Gasteiger partial charge on any atom is 0.256 e. The second-order valence-corrected chi connectivity index (χ2v) is 8.77. The molecule has 0 saturated heterocycles. The average Bonchev–Trinajstić information content (AvgIpc) is 3.04. The maximum atomic E-state index is 12.8. The normalized spacial score (nSPS) is 11.7. The molecule has 1 aliphatic heterocycles. The highest BCUT2D eigenvalue weighted by molar-refractivity contribution is 7.99. The van der Waals surface area contributed by atoms with Crippen molar-refractivity contribution in [1.82, 2.24) is 5.32 Å². The van der Waals surface area contributed by atoms with E-state index in [0.29, 0.717) is 23.4 Å². The van der Waals surface area contributed by atoms with Crippen LogP contribution in [0.2, 0.25) is 0 Å². The summed E-state index contributed by atoms with van der Waals surface area (Å²) in [6.07, 6.45) is 0. The first-order valence-electron chi connectivity index (χ1n) is 11.5. The first-order valence-corrected chi connectivity index (χ1v) is 12.3. The molecule has 5 rings (SSSR count). The lowest BCUT2D eigenvalue weighted by molar-refractivity contribution is 0.0949. The van der Waals surface area contributed by atoms with Crippen LogP contribution in [-0.2, 0) is 6.54 Å². The summed E-state index contributed by atoms with van der Waals surface area (Å²) in [5.74, 6) is -0.150. The summed E-state index contributed by atoms with van der Waals surface area (Å²) in [5, 5.41) is 15.3. The maximum absolute atomic E-state index is 12.8. The Balaban J connectivity index is 0.00000141. The smallest absolute Gasteiger partial charge is 0.256 e. The number of carbonyl (C=O) groups is 2. The van der Waals surface area contributed by atoms with Gasteiger partial charge in [-0.15, -0.1) is 0 Å². The Morgan fingerprint density at radius 3 is 2.23 bits per heavy atom. The molecule has 1 aliphatic rings. The lowest BCUT2D eigenvalue weighted by Crippen LogP contribution is -2.23.